The minimum atomic E-state index is 0.270. The van der Waals surface area contributed by atoms with Crippen molar-refractivity contribution in [2.75, 3.05) is 39.0 Å². The van der Waals surface area contributed by atoms with Crippen molar-refractivity contribution in [3.8, 4) is 0 Å². The Bertz CT molecular complexity index is 611. The summed E-state index contributed by atoms with van der Waals surface area (Å²) in [6.07, 6.45) is 4.72. The van der Waals surface area contributed by atoms with Crippen LogP contribution < -0.4 is 10.6 Å². The van der Waals surface area contributed by atoms with Gasteiger partial charge in [-0.05, 0) is 43.7 Å². The third-order valence-electron chi connectivity index (χ3n) is 4.33. The number of rotatable bonds is 9. The van der Waals surface area contributed by atoms with Gasteiger partial charge in [0.25, 0.3) is 0 Å². The van der Waals surface area contributed by atoms with Gasteiger partial charge in [0.2, 0.25) is 5.91 Å². The van der Waals surface area contributed by atoms with Gasteiger partial charge >= 0.3 is 0 Å². The van der Waals surface area contributed by atoms with Crippen molar-refractivity contribution < 1.29 is 4.79 Å². The zero-order chi connectivity index (χ0) is 18.8. The third-order valence-corrected chi connectivity index (χ3v) is 5.56. The molecule has 1 aromatic rings. The molecule has 1 atom stereocenters. The molecule has 1 heterocycles. The first kappa shape index (κ1) is 20.9. The number of hydrogen-bond donors (Lipinski definition) is 2. The summed E-state index contributed by atoms with van der Waals surface area (Å²) in [6.45, 7) is 6.09. The minimum absolute atomic E-state index is 0.270. The number of hydrogen-bond acceptors (Lipinski definition) is 3. The first-order valence-corrected chi connectivity index (χ1v) is 10.9. The molecule has 26 heavy (non-hydrogen) atoms. The van der Waals surface area contributed by atoms with Crippen molar-refractivity contribution >= 4 is 35.2 Å². The van der Waals surface area contributed by atoms with Crippen molar-refractivity contribution in [1.29, 1.82) is 0 Å². The van der Waals surface area contributed by atoms with E-state index in [9.17, 15) is 4.79 Å². The van der Waals surface area contributed by atoms with E-state index in [1.165, 1.54) is 5.56 Å². The van der Waals surface area contributed by atoms with Crippen LogP contribution in [0.2, 0.25) is 5.02 Å². The molecule has 0 saturated carbocycles. The van der Waals surface area contributed by atoms with Crippen LogP contribution in [0.3, 0.4) is 0 Å². The van der Waals surface area contributed by atoms with E-state index < -0.39 is 0 Å². The molecule has 0 radical (unpaired) electrons. The number of carbonyl (C=O) groups excluding carboxylic acids is 1. The highest BCUT2D eigenvalue weighted by molar-refractivity contribution is 7.98. The number of carbonyl (C=O) groups is 1. The van der Waals surface area contributed by atoms with Gasteiger partial charge in [0.05, 0.1) is 6.54 Å². The Balaban J connectivity index is 1.83. The Hall–Kier alpha value is -1.40. The van der Waals surface area contributed by atoms with Gasteiger partial charge in [0.15, 0.2) is 5.96 Å². The number of likely N-dealkylation sites (tertiary alicyclic amines) is 1. The summed E-state index contributed by atoms with van der Waals surface area (Å²) >= 11 is 7.88. The molecule has 1 aliphatic rings. The smallest absolute Gasteiger partial charge is 0.222 e. The van der Waals surface area contributed by atoms with Gasteiger partial charge < -0.3 is 15.5 Å². The van der Waals surface area contributed by atoms with Gasteiger partial charge in [-0.3, -0.25) is 9.79 Å². The number of guanidine groups is 1. The first-order valence-electron chi connectivity index (χ1n) is 9.22. The Morgan fingerprint density at radius 1 is 1.42 bits per heavy atom. The second kappa shape index (κ2) is 11.3. The first-order chi connectivity index (χ1) is 12.6. The topological polar surface area (TPSA) is 56.7 Å². The van der Waals surface area contributed by atoms with Crippen LogP contribution >= 0.6 is 23.4 Å². The van der Waals surface area contributed by atoms with Gasteiger partial charge in [0.1, 0.15) is 0 Å². The fourth-order valence-electron chi connectivity index (χ4n) is 2.96. The molecule has 1 unspecified atom stereocenters. The van der Waals surface area contributed by atoms with Crippen LogP contribution in [0.15, 0.2) is 29.3 Å². The molecule has 0 spiro atoms. The van der Waals surface area contributed by atoms with Crippen LogP contribution in [0, 0.1) is 0 Å². The Labute approximate surface area is 166 Å². The Morgan fingerprint density at radius 3 is 2.92 bits per heavy atom. The summed E-state index contributed by atoms with van der Waals surface area (Å²) in [4.78, 5) is 18.3. The third kappa shape index (κ3) is 6.72. The average molecular weight is 397 g/mol. The number of nitrogens with one attached hydrogen (secondary N) is 2. The van der Waals surface area contributed by atoms with E-state index in [-0.39, 0.29) is 11.2 Å². The zero-order valence-electron chi connectivity index (χ0n) is 15.6. The van der Waals surface area contributed by atoms with Crippen molar-refractivity contribution in [1.82, 2.24) is 15.5 Å². The molecule has 0 aromatic heterocycles. The van der Waals surface area contributed by atoms with Crippen molar-refractivity contribution in [2.24, 2.45) is 4.99 Å². The molecule has 1 saturated heterocycles. The Morgan fingerprint density at radius 2 is 2.27 bits per heavy atom. The molecular weight excluding hydrogens is 368 g/mol. The molecule has 7 heteroatoms. The van der Waals surface area contributed by atoms with Gasteiger partial charge in [-0.2, -0.15) is 11.8 Å². The van der Waals surface area contributed by atoms with Crippen LogP contribution in [0.1, 0.15) is 37.0 Å². The van der Waals surface area contributed by atoms with E-state index in [1.54, 1.807) is 11.8 Å². The maximum Gasteiger partial charge on any atom is 0.222 e. The van der Waals surface area contributed by atoms with E-state index in [0.717, 1.165) is 50.0 Å². The lowest BCUT2D eigenvalue weighted by Crippen LogP contribution is -2.39. The SMILES string of the molecule is CCNC(=NCC(SC)c1cccc(Cl)c1)NCCCN1CCCC1=O. The fourth-order valence-corrected chi connectivity index (χ4v) is 3.80. The minimum Gasteiger partial charge on any atom is -0.357 e. The summed E-state index contributed by atoms with van der Waals surface area (Å²) in [5, 5.41) is 7.68. The van der Waals surface area contributed by atoms with Gasteiger partial charge in [-0.1, -0.05) is 23.7 Å². The predicted octanol–water partition coefficient (Wildman–Crippen LogP) is 3.31. The second-order valence-electron chi connectivity index (χ2n) is 6.26. The maximum absolute atomic E-state index is 11.6. The molecule has 1 fully saturated rings. The molecule has 144 valence electrons. The molecule has 2 N–H and O–H groups in total. The van der Waals surface area contributed by atoms with Gasteiger partial charge in [0, 0.05) is 42.9 Å². The summed E-state index contributed by atoms with van der Waals surface area (Å²) in [5.41, 5.74) is 1.19. The van der Waals surface area contributed by atoms with E-state index in [4.69, 9.17) is 16.6 Å². The number of amides is 1. The number of thioether (sulfide) groups is 1. The summed E-state index contributed by atoms with van der Waals surface area (Å²) in [5.74, 6) is 1.11. The lowest BCUT2D eigenvalue weighted by molar-refractivity contribution is -0.127. The van der Waals surface area contributed by atoms with Crippen molar-refractivity contribution in [3.05, 3.63) is 34.9 Å². The van der Waals surface area contributed by atoms with Crippen LogP contribution in [-0.2, 0) is 4.79 Å². The summed E-state index contributed by atoms with van der Waals surface area (Å²) in [7, 11) is 0. The predicted molar refractivity (Wildman–Crippen MR) is 112 cm³/mol. The van der Waals surface area contributed by atoms with Gasteiger partial charge in [-0.15, -0.1) is 0 Å². The zero-order valence-corrected chi connectivity index (χ0v) is 17.2. The highest BCUT2D eigenvalue weighted by Gasteiger charge is 2.19. The number of aliphatic imine (C=N–C) groups is 1. The van der Waals surface area contributed by atoms with E-state index in [1.807, 2.05) is 23.1 Å². The highest BCUT2D eigenvalue weighted by atomic mass is 35.5. The van der Waals surface area contributed by atoms with Crippen molar-refractivity contribution in [2.45, 2.75) is 31.4 Å². The maximum atomic E-state index is 11.6. The lowest BCUT2D eigenvalue weighted by Gasteiger charge is -2.17. The normalized spacial score (nSPS) is 16.0. The molecule has 1 amide bonds. The second-order valence-corrected chi connectivity index (χ2v) is 7.74. The average Bonchev–Trinajstić information content (AvgIpc) is 3.04. The van der Waals surface area contributed by atoms with E-state index in [0.29, 0.717) is 13.0 Å². The largest absolute Gasteiger partial charge is 0.357 e. The van der Waals surface area contributed by atoms with Crippen molar-refractivity contribution in [3.63, 3.8) is 0 Å². The van der Waals surface area contributed by atoms with Crippen LogP contribution in [-0.4, -0.2) is 55.7 Å². The van der Waals surface area contributed by atoms with E-state index in [2.05, 4.69) is 29.9 Å². The molecule has 5 nitrogen and oxygen atoms in total. The highest BCUT2D eigenvalue weighted by Crippen LogP contribution is 2.28. The van der Waals surface area contributed by atoms with Gasteiger partial charge in [-0.25, -0.2) is 0 Å². The van der Waals surface area contributed by atoms with E-state index >= 15 is 0 Å². The number of nitrogens with zero attached hydrogens (tertiary/aromatic N) is 2. The summed E-state index contributed by atoms with van der Waals surface area (Å²) in [6, 6.07) is 7.97. The standard InChI is InChI=1S/C19H29ClN4OS/c1-3-21-19(22-10-6-12-24-11-5-9-18(24)25)23-14-17(26-2)15-7-4-8-16(20)13-15/h4,7-8,13,17H,3,5-6,9-12,14H2,1-2H3,(H2,21,22,23). The quantitative estimate of drug-likeness (QED) is 0.382. The number of benzene rings is 1. The number of halogens is 1. The molecule has 1 aliphatic heterocycles. The van der Waals surface area contributed by atoms with Crippen LogP contribution in [0.5, 0.6) is 0 Å². The monoisotopic (exact) mass is 396 g/mol. The lowest BCUT2D eigenvalue weighted by atomic mass is 10.1. The fraction of sp³-hybridized carbons (Fsp3) is 0.579. The summed E-state index contributed by atoms with van der Waals surface area (Å²) < 4.78 is 0. The Kier molecular flexibility index (Phi) is 9.12. The molecule has 0 bridgehead atoms. The molecule has 0 aliphatic carbocycles. The molecule has 1 aromatic carbocycles. The van der Waals surface area contributed by atoms with Crippen LogP contribution in [0.25, 0.3) is 0 Å². The van der Waals surface area contributed by atoms with Crippen LogP contribution in [0.4, 0.5) is 0 Å². The molecular formula is C19H29ClN4OS. The molecule has 2 rings (SSSR count).